The van der Waals surface area contributed by atoms with Crippen molar-refractivity contribution in [1.29, 1.82) is 0 Å². The van der Waals surface area contributed by atoms with E-state index < -0.39 is 12.6 Å². The Kier molecular flexibility index (Phi) is 5.29. The van der Waals surface area contributed by atoms with Crippen LogP contribution in [0.4, 0.5) is 17.6 Å². The molecular weight excluding hydrogens is 308 g/mol. The smallest absolute Gasteiger partial charge is 0.389 e. The fourth-order valence-electron chi connectivity index (χ4n) is 2.45. The van der Waals surface area contributed by atoms with Crippen molar-refractivity contribution >= 4 is 0 Å². The maximum absolute atomic E-state index is 14.2. The minimum Gasteiger partial charge on any atom is -0.508 e. The molecule has 0 atom stereocenters. The van der Waals surface area contributed by atoms with Crippen LogP contribution in [0.3, 0.4) is 0 Å². The van der Waals surface area contributed by atoms with Crippen LogP contribution < -0.4 is 0 Å². The van der Waals surface area contributed by atoms with Gasteiger partial charge in [0.05, 0.1) is 0 Å². The first-order chi connectivity index (χ1) is 10.8. The molecule has 0 aliphatic carbocycles. The highest BCUT2D eigenvalue weighted by molar-refractivity contribution is 5.66. The maximum atomic E-state index is 14.2. The second-order valence-electron chi connectivity index (χ2n) is 5.48. The molecule has 0 spiro atoms. The molecule has 0 unspecified atom stereocenters. The Morgan fingerprint density at radius 3 is 2.39 bits per heavy atom. The lowest BCUT2D eigenvalue weighted by Gasteiger charge is -2.11. The monoisotopic (exact) mass is 326 g/mol. The number of hydrogen-bond acceptors (Lipinski definition) is 1. The standard InChI is InChI=1S/C18H18F4O/c1-2-12-5-7-15(16(19)10-12)13-6-8-17(23)14(11-13)4-3-9-18(20,21)22/h5-8,10-11,23H,2-4,9H2,1H3. The van der Waals surface area contributed by atoms with Gasteiger partial charge in [-0.25, -0.2) is 4.39 Å². The number of alkyl halides is 3. The number of halogens is 4. The van der Waals surface area contributed by atoms with E-state index in [1.54, 1.807) is 18.2 Å². The van der Waals surface area contributed by atoms with Crippen LogP contribution in [0.1, 0.15) is 30.9 Å². The Bertz CT molecular complexity index is 677. The van der Waals surface area contributed by atoms with Gasteiger partial charge in [0.2, 0.25) is 0 Å². The molecule has 0 saturated heterocycles. The average Bonchev–Trinajstić information content (AvgIpc) is 2.48. The molecule has 0 bridgehead atoms. The maximum Gasteiger partial charge on any atom is 0.389 e. The molecule has 0 amide bonds. The van der Waals surface area contributed by atoms with Crippen molar-refractivity contribution in [2.75, 3.05) is 0 Å². The molecule has 124 valence electrons. The van der Waals surface area contributed by atoms with Gasteiger partial charge in [0, 0.05) is 12.0 Å². The lowest BCUT2D eigenvalue weighted by Crippen LogP contribution is -2.07. The van der Waals surface area contributed by atoms with Crippen molar-refractivity contribution in [3.05, 3.63) is 53.3 Å². The molecule has 0 saturated carbocycles. The molecule has 0 aliphatic rings. The zero-order chi connectivity index (χ0) is 17.0. The summed E-state index contributed by atoms with van der Waals surface area (Å²) in [6.07, 6.45) is -4.42. The molecule has 0 aromatic heterocycles. The summed E-state index contributed by atoms with van der Waals surface area (Å²) in [6, 6.07) is 9.42. The molecular formula is C18H18F4O. The van der Waals surface area contributed by atoms with Gasteiger partial charge in [0.15, 0.2) is 0 Å². The van der Waals surface area contributed by atoms with Crippen LogP contribution in [0.2, 0.25) is 0 Å². The third-order valence-electron chi connectivity index (χ3n) is 3.74. The summed E-state index contributed by atoms with van der Waals surface area (Å²) in [5.74, 6) is -0.446. The van der Waals surface area contributed by atoms with Crippen molar-refractivity contribution in [2.24, 2.45) is 0 Å². The Morgan fingerprint density at radius 1 is 1.04 bits per heavy atom. The highest BCUT2D eigenvalue weighted by atomic mass is 19.4. The number of benzene rings is 2. The summed E-state index contributed by atoms with van der Waals surface area (Å²) in [7, 11) is 0. The Labute approximate surface area is 132 Å². The van der Waals surface area contributed by atoms with Crippen molar-refractivity contribution in [3.63, 3.8) is 0 Å². The van der Waals surface area contributed by atoms with Crippen molar-refractivity contribution in [2.45, 2.75) is 38.8 Å². The van der Waals surface area contributed by atoms with Crippen LogP contribution in [0.5, 0.6) is 5.75 Å². The molecule has 2 aromatic rings. The molecule has 0 heterocycles. The van der Waals surface area contributed by atoms with E-state index in [2.05, 4.69) is 0 Å². The first-order valence-electron chi connectivity index (χ1n) is 7.47. The summed E-state index contributed by atoms with van der Waals surface area (Å²) < 4.78 is 50.8. The van der Waals surface area contributed by atoms with Crippen LogP contribution in [-0.2, 0) is 12.8 Å². The van der Waals surface area contributed by atoms with E-state index in [9.17, 15) is 22.7 Å². The Morgan fingerprint density at radius 2 is 1.78 bits per heavy atom. The van der Waals surface area contributed by atoms with Gasteiger partial charge in [-0.05, 0) is 54.2 Å². The summed E-state index contributed by atoms with van der Waals surface area (Å²) in [6.45, 7) is 1.92. The van der Waals surface area contributed by atoms with Crippen molar-refractivity contribution in [3.8, 4) is 16.9 Å². The summed E-state index contributed by atoms with van der Waals surface area (Å²) >= 11 is 0. The van der Waals surface area contributed by atoms with Crippen LogP contribution in [0.15, 0.2) is 36.4 Å². The molecule has 23 heavy (non-hydrogen) atoms. The first kappa shape index (κ1) is 17.3. The molecule has 2 rings (SSSR count). The van der Waals surface area contributed by atoms with E-state index >= 15 is 0 Å². The van der Waals surface area contributed by atoms with Crippen LogP contribution in [-0.4, -0.2) is 11.3 Å². The van der Waals surface area contributed by atoms with Crippen molar-refractivity contribution in [1.82, 2.24) is 0 Å². The van der Waals surface area contributed by atoms with E-state index in [0.29, 0.717) is 16.7 Å². The third-order valence-corrected chi connectivity index (χ3v) is 3.74. The highest BCUT2D eigenvalue weighted by Gasteiger charge is 2.26. The van der Waals surface area contributed by atoms with Gasteiger partial charge in [-0.15, -0.1) is 0 Å². The average molecular weight is 326 g/mol. The second-order valence-corrected chi connectivity index (χ2v) is 5.48. The SMILES string of the molecule is CCc1ccc(-c2ccc(O)c(CCCC(F)(F)F)c2)c(F)c1. The van der Waals surface area contributed by atoms with Gasteiger partial charge < -0.3 is 5.11 Å². The van der Waals surface area contributed by atoms with Gasteiger partial charge in [-0.2, -0.15) is 13.2 Å². The van der Waals surface area contributed by atoms with E-state index in [-0.39, 0.29) is 24.4 Å². The Balaban J connectivity index is 2.23. The molecule has 5 heteroatoms. The third kappa shape index (κ3) is 4.71. The van der Waals surface area contributed by atoms with Gasteiger partial charge in [0.1, 0.15) is 11.6 Å². The number of phenolic OH excluding ortho intramolecular Hbond substituents is 1. The zero-order valence-corrected chi connectivity index (χ0v) is 12.8. The number of hydrogen-bond donors (Lipinski definition) is 1. The minimum absolute atomic E-state index is 0.0680. The lowest BCUT2D eigenvalue weighted by atomic mass is 9.98. The normalized spacial score (nSPS) is 11.7. The highest BCUT2D eigenvalue weighted by Crippen LogP contribution is 2.30. The zero-order valence-electron chi connectivity index (χ0n) is 12.8. The number of phenols is 1. The predicted octanol–water partition coefficient (Wildman–Crippen LogP) is 5.65. The minimum atomic E-state index is -4.21. The molecule has 0 aliphatic heterocycles. The largest absolute Gasteiger partial charge is 0.508 e. The molecule has 1 N–H and O–H groups in total. The topological polar surface area (TPSA) is 20.2 Å². The van der Waals surface area contributed by atoms with Crippen LogP contribution in [0.25, 0.3) is 11.1 Å². The Hall–Kier alpha value is -2.04. The van der Waals surface area contributed by atoms with Gasteiger partial charge in [-0.3, -0.25) is 0 Å². The van der Waals surface area contributed by atoms with Crippen LogP contribution in [0, 0.1) is 5.82 Å². The summed E-state index contributed by atoms with van der Waals surface area (Å²) in [4.78, 5) is 0. The van der Waals surface area contributed by atoms with Gasteiger partial charge in [-0.1, -0.05) is 25.1 Å². The fourth-order valence-corrected chi connectivity index (χ4v) is 2.45. The van der Waals surface area contributed by atoms with Gasteiger partial charge in [0.25, 0.3) is 0 Å². The lowest BCUT2D eigenvalue weighted by molar-refractivity contribution is -0.135. The fraction of sp³-hybridized carbons (Fsp3) is 0.333. The predicted molar refractivity (Wildman–Crippen MR) is 81.9 cm³/mol. The van der Waals surface area contributed by atoms with E-state index in [1.165, 1.54) is 12.1 Å². The second kappa shape index (κ2) is 7.02. The first-order valence-corrected chi connectivity index (χ1v) is 7.47. The molecule has 1 nitrogen and oxygen atoms in total. The molecule has 2 aromatic carbocycles. The number of rotatable bonds is 5. The molecule has 0 fully saturated rings. The van der Waals surface area contributed by atoms with Gasteiger partial charge >= 0.3 is 6.18 Å². The summed E-state index contributed by atoms with van der Waals surface area (Å²) in [5, 5.41) is 9.79. The van der Waals surface area contributed by atoms with E-state index in [1.807, 2.05) is 13.0 Å². The number of aryl methyl sites for hydroxylation is 2. The van der Waals surface area contributed by atoms with Crippen molar-refractivity contribution < 1.29 is 22.7 Å². The molecule has 0 radical (unpaired) electrons. The van der Waals surface area contributed by atoms with E-state index in [0.717, 1.165) is 12.0 Å². The summed E-state index contributed by atoms with van der Waals surface area (Å²) in [5.41, 5.74) is 2.19. The number of aromatic hydroxyl groups is 1. The van der Waals surface area contributed by atoms with Crippen LogP contribution >= 0.6 is 0 Å². The quantitative estimate of drug-likeness (QED) is 0.704. The van der Waals surface area contributed by atoms with E-state index in [4.69, 9.17) is 0 Å².